The molecule has 2 aromatic rings. The number of nitrogens with one attached hydrogen (secondary N) is 2. The summed E-state index contributed by atoms with van der Waals surface area (Å²) in [5.41, 5.74) is 1.54. The minimum absolute atomic E-state index is 0.110. The van der Waals surface area contributed by atoms with Crippen LogP contribution in [0.2, 0.25) is 0 Å². The lowest BCUT2D eigenvalue weighted by molar-refractivity contribution is -0.117. The summed E-state index contributed by atoms with van der Waals surface area (Å²) in [7, 11) is 0. The second-order valence-corrected chi connectivity index (χ2v) is 4.77. The summed E-state index contributed by atoms with van der Waals surface area (Å²) in [6, 6.07) is 0.204. The van der Waals surface area contributed by atoms with E-state index in [1.807, 2.05) is 0 Å². The predicted molar refractivity (Wildman–Crippen MR) is 75.3 cm³/mol. The van der Waals surface area contributed by atoms with E-state index >= 15 is 0 Å². The van der Waals surface area contributed by atoms with Crippen LogP contribution in [0.5, 0.6) is 0 Å². The van der Waals surface area contributed by atoms with Crippen molar-refractivity contribution in [2.24, 2.45) is 0 Å². The number of H-pyrrole nitrogens is 1. The molecule has 3 heterocycles. The number of amides is 1. The number of aromatic amines is 1. The van der Waals surface area contributed by atoms with E-state index in [9.17, 15) is 4.79 Å². The molecule has 0 atom stereocenters. The lowest BCUT2D eigenvalue weighted by Gasteiger charge is -2.32. The fourth-order valence-corrected chi connectivity index (χ4v) is 2.49. The summed E-state index contributed by atoms with van der Waals surface area (Å²) in [4.78, 5) is 29.2. The Morgan fingerprint density at radius 2 is 2.20 bits per heavy atom. The third-order valence-corrected chi connectivity index (χ3v) is 3.53. The van der Waals surface area contributed by atoms with E-state index in [2.05, 4.69) is 36.7 Å². The monoisotopic (exact) mass is 272 g/mol. The highest BCUT2D eigenvalue weighted by atomic mass is 16.1. The number of anilines is 1. The maximum atomic E-state index is 11.3. The molecule has 7 nitrogen and oxygen atoms in total. The van der Waals surface area contributed by atoms with Gasteiger partial charge in [-0.05, 0) is 18.9 Å². The summed E-state index contributed by atoms with van der Waals surface area (Å²) >= 11 is 0. The van der Waals surface area contributed by atoms with Crippen LogP contribution in [0.25, 0.3) is 11.2 Å². The van der Waals surface area contributed by atoms with Gasteiger partial charge in [-0.25, -0.2) is 15.0 Å². The molecule has 1 aliphatic rings. The van der Waals surface area contributed by atoms with Gasteiger partial charge in [0.1, 0.15) is 11.8 Å². The van der Waals surface area contributed by atoms with Gasteiger partial charge in [0.05, 0.1) is 6.33 Å². The van der Waals surface area contributed by atoms with Gasteiger partial charge in [-0.1, -0.05) is 6.58 Å². The Kier molecular flexibility index (Phi) is 3.32. The topological polar surface area (TPSA) is 86.8 Å². The zero-order valence-corrected chi connectivity index (χ0v) is 11.0. The molecule has 3 rings (SSSR count). The Morgan fingerprint density at radius 1 is 1.40 bits per heavy atom. The molecular formula is C13H16N6O. The van der Waals surface area contributed by atoms with Crippen molar-refractivity contribution in [1.82, 2.24) is 25.3 Å². The Morgan fingerprint density at radius 3 is 2.95 bits per heavy atom. The van der Waals surface area contributed by atoms with Gasteiger partial charge in [0.2, 0.25) is 5.91 Å². The predicted octanol–water partition coefficient (Wildman–Crippen LogP) is 0.624. The number of rotatable bonds is 3. The second-order valence-electron chi connectivity index (χ2n) is 4.77. The second kappa shape index (κ2) is 5.28. The molecule has 0 bridgehead atoms. The lowest BCUT2D eigenvalue weighted by atomic mass is 10.0. The van der Waals surface area contributed by atoms with Crippen molar-refractivity contribution < 1.29 is 4.79 Å². The minimum Gasteiger partial charge on any atom is -0.355 e. The largest absolute Gasteiger partial charge is 0.355 e. The number of hydrogen-bond donors (Lipinski definition) is 2. The average Bonchev–Trinajstić information content (AvgIpc) is 2.96. The van der Waals surface area contributed by atoms with Crippen molar-refractivity contribution in [2.45, 2.75) is 18.9 Å². The highest BCUT2D eigenvalue weighted by molar-refractivity contribution is 5.87. The zero-order valence-electron chi connectivity index (χ0n) is 11.0. The molecule has 1 aliphatic heterocycles. The molecule has 0 saturated carbocycles. The highest BCUT2D eigenvalue weighted by Crippen LogP contribution is 2.23. The van der Waals surface area contributed by atoms with Crippen LogP contribution in [0.3, 0.4) is 0 Å². The highest BCUT2D eigenvalue weighted by Gasteiger charge is 2.22. The molecule has 0 unspecified atom stereocenters. The van der Waals surface area contributed by atoms with Crippen molar-refractivity contribution in [3.8, 4) is 0 Å². The Balaban J connectivity index is 1.70. The number of piperidine rings is 1. The summed E-state index contributed by atoms with van der Waals surface area (Å²) in [6.45, 7) is 5.15. The summed E-state index contributed by atoms with van der Waals surface area (Å²) in [5, 5.41) is 2.94. The van der Waals surface area contributed by atoms with Crippen molar-refractivity contribution in [3.63, 3.8) is 0 Å². The third-order valence-electron chi connectivity index (χ3n) is 3.53. The number of nitrogens with zero attached hydrogens (tertiary/aromatic N) is 4. The van der Waals surface area contributed by atoms with Gasteiger partial charge in [0.25, 0.3) is 0 Å². The number of fused-ring (bicyclic) bond motifs is 1. The van der Waals surface area contributed by atoms with E-state index in [0.29, 0.717) is 5.65 Å². The van der Waals surface area contributed by atoms with Gasteiger partial charge in [0.15, 0.2) is 11.5 Å². The van der Waals surface area contributed by atoms with Crippen LogP contribution >= 0.6 is 0 Å². The lowest BCUT2D eigenvalue weighted by Crippen LogP contribution is -2.44. The van der Waals surface area contributed by atoms with Gasteiger partial charge in [0, 0.05) is 19.1 Å². The van der Waals surface area contributed by atoms with Gasteiger partial charge >= 0.3 is 0 Å². The minimum atomic E-state index is -0.110. The van der Waals surface area contributed by atoms with E-state index in [1.54, 1.807) is 6.33 Å². The summed E-state index contributed by atoms with van der Waals surface area (Å²) in [6.07, 6.45) is 6.24. The van der Waals surface area contributed by atoms with Crippen molar-refractivity contribution in [2.75, 3.05) is 18.0 Å². The first kappa shape index (κ1) is 12.6. The van der Waals surface area contributed by atoms with Crippen LogP contribution in [0.4, 0.5) is 5.82 Å². The van der Waals surface area contributed by atoms with E-state index in [4.69, 9.17) is 0 Å². The SMILES string of the molecule is C=CC(=O)NC1CCN(c2ncnc3nc[nH]c23)CC1. The fraction of sp³-hybridized carbons (Fsp3) is 0.385. The van der Waals surface area contributed by atoms with Crippen molar-refractivity contribution in [1.29, 1.82) is 0 Å². The molecule has 104 valence electrons. The van der Waals surface area contributed by atoms with E-state index in [0.717, 1.165) is 37.3 Å². The number of aromatic nitrogens is 4. The first-order valence-electron chi connectivity index (χ1n) is 6.60. The Labute approximate surface area is 116 Å². The van der Waals surface area contributed by atoms with Crippen LogP contribution in [0.15, 0.2) is 25.3 Å². The van der Waals surface area contributed by atoms with Crippen molar-refractivity contribution in [3.05, 3.63) is 25.3 Å². The molecule has 1 amide bonds. The van der Waals surface area contributed by atoms with Crippen LogP contribution in [-0.2, 0) is 4.79 Å². The van der Waals surface area contributed by atoms with Crippen molar-refractivity contribution >= 4 is 22.9 Å². The first-order valence-corrected chi connectivity index (χ1v) is 6.60. The maximum absolute atomic E-state index is 11.3. The molecule has 0 radical (unpaired) electrons. The molecule has 0 aliphatic carbocycles. The molecule has 7 heteroatoms. The smallest absolute Gasteiger partial charge is 0.243 e. The number of hydrogen-bond acceptors (Lipinski definition) is 5. The van der Waals surface area contributed by atoms with E-state index < -0.39 is 0 Å². The number of carbonyl (C=O) groups is 1. The molecule has 2 aromatic heterocycles. The normalized spacial score (nSPS) is 16.3. The third kappa shape index (κ3) is 2.34. The molecule has 0 spiro atoms. The Hall–Kier alpha value is -2.44. The molecular weight excluding hydrogens is 256 g/mol. The van der Waals surface area contributed by atoms with Gasteiger partial charge in [-0.3, -0.25) is 4.79 Å². The van der Waals surface area contributed by atoms with Crippen LogP contribution in [-0.4, -0.2) is 45.0 Å². The number of imidazole rings is 1. The van der Waals surface area contributed by atoms with Crippen LogP contribution in [0.1, 0.15) is 12.8 Å². The summed E-state index contributed by atoms with van der Waals surface area (Å²) < 4.78 is 0. The zero-order chi connectivity index (χ0) is 13.9. The quantitative estimate of drug-likeness (QED) is 0.800. The summed E-state index contributed by atoms with van der Waals surface area (Å²) in [5.74, 6) is 0.766. The molecule has 20 heavy (non-hydrogen) atoms. The Bertz CT molecular complexity index is 629. The maximum Gasteiger partial charge on any atom is 0.243 e. The molecule has 1 saturated heterocycles. The standard InChI is InChI=1S/C13H16N6O/c1-2-10(20)18-9-3-5-19(6-4-9)13-11-12(15-7-14-11)16-8-17-13/h2,7-9H,1,3-6H2,(H,18,20)(H,14,15,16,17). The molecule has 2 N–H and O–H groups in total. The average molecular weight is 272 g/mol. The van der Waals surface area contributed by atoms with Gasteiger partial charge in [-0.15, -0.1) is 0 Å². The van der Waals surface area contributed by atoms with E-state index in [1.165, 1.54) is 12.4 Å². The van der Waals surface area contributed by atoms with Crippen LogP contribution < -0.4 is 10.2 Å². The molecule has 0 aromatic carbocycles. The molecule has 1 fully saturated rings. The fourth-order valence-electron chi connectivity index (χ4n) is 2.49. The number of carbonyl (C=O) groups excluding carboxylic acids is 1. The van der Waals surface area contributed by atoms with Gasteiger partial charge < -0.3 is 15.2 Å². The van der Waals surface area contributed by atoms with Gasteiger partial charge in [-0.2, -0.15) is 0 Å². The first-order chi connectivity index (χ1) is 9.78. The van der Waals surface area contributed by atoms with Crippen LogP contribution in [0, 0.1) is 0 Å². The van der Waals surface area contributed by atoms with E-state index in [-0.39, 0.29) is 11.9 Å².